The van der Waals surface area contributed by atoms with Crippen LogP contribution in [0.4, 0.5) is 16.2 Å². The molecule has 3 amide bonds. The molecule has 0 spiro atoms. The number of anilines is 2. The van der Waals surface area contributed by atoms with Crippen LogP contribution < -0.4 is 10.2 Å². The number of aliphatic carboxylic acids is 1. The van der Waals surface area contributed by atoms with Gasteiger partial charge >= 0.3 is 12.0 Å². The van der Waals surface area contributed by atoms with Gasteiger partial charge in [-0.2, -0.15) is 0 Å². The van der Waals surface area contributed by atoms with Crippen LogP contribution in [-0.4, -0.2) is 47.5 Å². The number of benzene rings is 1. The Balaban J connectivity index is 1.97. The number of carboxylic acid groups (broad SMARTS) is 1. The highest BCUT2D eigenvalue weighted by atomic mass is 16.4. The number of carbonyl (C=O) groups is 3. The Bertz CT molecular complexity index is 629. The second-order valence-electron chi connectivity index (χ2n) is 6.21. The van der Waals surface area contributed by atoms with E-state index in [0.717, 1.165) is 12.1 Å². The molecular formula is C17H23N3O4. The van der Waals surface area contributed by atoms with Gasteiger partial charge in [0.1, 0.15) is 0 Å². The molecular weight excluding hydrogens is 310 g/mol. The summed E-state index contributed by atoms with van der Waals surface area (Å²) in [5.74, 6) is -0.427. The summed E-state index contributed by atoms with van der Waals surface area (Å²) < 4.78 is 0. The van der Waals surface area contributed by atoms with Gasteiger partial charge in [0.15, 0.2) is 0 Å². The first-order valence-corrected chi connectivity index (χ1v) is 7.93. The zero-order valence-electron chi connectivity index (χ0n) is 14.2. The fourth-order valence-electron chi connectivity index (χ4n) is 2.56. The summed E-state index contributed by atoms with van der Waals surface area (Å²) in [5, 5.41) is 11.3. The summed E-state index contributed by atoms with van der Waals surface area (Å²) >= 11 is 0. The normalized spacial score (nSPS) is 18.6. The highest BCUT2D eigenvalue weighted by Crippen LogP contribution is 2.38. The van der Waals surface area contributed by atoms with E-state index in [4.69, 9.17) is 5.11 Å². The van der Waals surface area contributed by atoms with E-state index < -0.39 is 5.97 Å². The van der Waals surface area contributed by atoms with Crippen molar-refractivity contribution in [3.63, 3.8) is 0 Å². The molecule has 0 heterocycles. The average molecular weight is 333 g/mol. The lowest BCUT2D eigenvalue weighted by Crippen LogP contribution is -2.33. The molecule has 1 saturated carbocycles. The number of rotatable bonds is 6. The maximum absolute atomic E-state index is 12.0. The molecule has 0 radical (unpaired) electrons. The quantitative estimate of drug-likeness (QED) is 0.836. The molecule has 2 N–H and O–H groups in total. The molecule has 24 heavy (non-hydrogen) atoms. The number of hydrogen-bond donors (Lipinski definition) is 2. The van der Waals surface area contributed by atoms with Crippen molar-refractivity contribution in [1.29, 1.82) is 0 Å². The van der Waals surface area contributed by atoms with Gasteiger partial charge in [0, 0.05) is 37.9 Å². The second kappa shape index (κ2) is 7.33. The first-order chi connectivity index (χ1) is 11.3. The molecule has 1 aliphatic carbocycles. The van der Waals surface area contributed by atoms with Crippen molar-refractivity contribution in [2.45, 2.75) is 32.7 Å². The summed E-state index contributed by atoms with van der Waals surface area (Å²) in [7, 11) is 1.54. The smallest absolute Gasteiger partial charge is 0.321 e. The third-order valence-electron chi connectivity index (χ3n) is 4.14. The topological polar surface area (TPSA) is 90.0 Å². The molecule has 7 nitrogen and oxygen atoms in total. The van der Waals surface area contributed by atoms with Crippen LogP contribution in [0.1, 0.15) is 26.7 Å². The standard InChI is InChI=1S/C17H23N3O4/c1-11-10-15(11)20(12(2)21)14-6-4-13(5-7-14)18-17(24)19(3)9-8-16(22)23/h4-7,11,15H,8-10H2,1-3H3,(H,18,24)(H,22,23). The van der Waals surface area contributed by atoms with Gasteiger partial charge in [-0.1, -0.05) is 6.92 Å². The number of amides is 3. The molecule has 1 aromatic carbocycles. The lowest BCUT2D eigenvalue weighted by Gasteiger charge is -2.22. The van der Waals surface area contributed by atoms with E-state index in [0.29, 0.717) is 11.6 Å². The molecule has 2 unspecified atom stereocenters. The largest absolute Gasteiger partial charge is 0.481 e. The Hall–Kier alpha value is -2.57. The summed E-state index contributed by atoms with van der Waals surface area (Å²) in [6, 6.07) is 6.97. The van der Waals surface area contributed by atoms with Gasteiger partial charge in [0.05, 0.1) is 6.42 Å². The van der Waals surface area contributed by atoms with Crippen molar-refractivity contribution in [2.75, 3.05) is 23.8 Å². The zero-order valence-corrected chi connectivity index (χ0v) is 14.2. The van der Waals surface area contributed by atoms with Crippen LogP contribution in [0.3, 0.4) is 0 Å². The van der Waals surface area contributed by atoms with Crippen LogP contribution in [-0.2, 0) is 9.59 Å². The minimum absolute atomic E-state index is 0.00883. The van der Waals surface area contributed by atoms with Crippen molar-refractivity contribution in [3.05, 3.63) is 24.3 Å². The van der Waals surface area contributed by atoms with E-state index in [1.165, 1.54) is 4.90 Å². The maximum Gasteiger partial charge on any atom is 0.321 e. The third kappa shape index (κ3) is 4.47. The molecule has 130 valence electrons. The summed E-state index contributed by atoms with van der Waals surface area (Å²) in [6.07, 6.45) is 0.905. The van der Waals surface area contributed by atoms with Gasteiger partial charge in [-0.3, -0.25) is 9.59 Å². The van der Waals surface area contributed by atoms with Crippen LogP contribution >= 0.6 is 0 Å². The Morgan fingerprint density at radius 1 is 1.25 bits per heavy atom. The van der Waals surface area contributed by atoms with Crippen LogP contribution in [0.25, 0.3) is 0 Å². The summed E-state index contributed by atoms with van der Waals surface area (Å²) in [6.45, 7) is 3.80. The van der Waals surface area contributed by atoms with Crippen molar-refractivity contribution in [2.24, 2.45) is 5.92 Å². The molecule has 7 heteroatoms. The van der Waals surface area contributed by atoms with Crippen LogP contribution in [0.15, 0.2) is 24.3 Å². The van der Waals surface area contributed by atoms with E-state index in [-0.39, 0.29) is 30.9 Å². The zero-order chi connectivity index (χ0) is 17.9. The Kier molecular flexibility index (Phi) is 5.43. The van der Waals surface area contributed by atoms with Crippen molar-refractivity contribution < 1.29 is 19.5 Å². The maximum atomic E-state index is 12.0. The lowest BCUT2D eigenvalue weighted by atomic mass is 10.2. The minimum atomic E-state index is -0.947. The molecule has 0 saturated heterocycles. The Labute approximate surface area is 141 Å². The predicted molar refractivity (Wildman–Crippen MR) is 91.1 cm³/mol. The van der Waals surface area contributed by atoms with E-state index in [2.05, 4.69) is 12.2 Å². The van der Waals surface area contributed by atoms with Gasteiger partial charge in [-0.15, -0.1) is 0 Å². The third-order valence-corrected chi connectivity index (χ3v) is 4.14. The van der Waals surface area contributed by atoms with Gasteiger partial charge in [0.25, 0.3) is 0 Å². The number of urea groups is 1. The molecule has 1 fully saturated rings. The number of nitrogens with one attached hydrogen (secondary N) is 1. The highest BCUT2D eigenvalue weighted by molar-refractivity contribution is 5.94. The SMILES string of the molecule is CC(=O)N(c1ccc(NC(=O)N(C)CCC(=O)O)cc1)C1CC1C. The molecule has 2 atom stereocenters. The first-order valence-electron chi connectivity index (χ1n) is 7.93. The minimum Gasteiger partial charge on any atom is -0.481 e. The van der Waals surface area contributed by atoms with Crippen LogP contribution in [0.2, 0.25) is 0 Å². The number of carbonyl (C=O) groups excluding carboxylic acids is 2. The molecule has 1 aliphatic rings. The fourth-order valence-corrected chi connectivity index (χ4v) is 2.56. The predicted octanol–water partition coefficient (Wildman–Crippen LogP) is 2.39. The number of hydrogen-bond acceptors (Lipinski definition) is 3. The Morgan fingerprint density at radius 2 is 1.83 bits per heavy atom. The summed E-state index contributed by atoms with van der Waals surface area (Å²) in [5.41, 5.74) is 1.41. The van der Waals surface area contributed by atoms with E-state index in [1.54, 1.807) is 43.1 Å². The molecule has 2 rings (SSSR count). The molecule has 1 aromatic rings. The monoisotopic (exact) mass is 333 g/mol. The van der Waals surface area contributed by atoms with Crippen molar-refractivity contribution in [3.8, 4) is 0 Å². The molecule has 0 aromatic heterocycles. The van der Waals surface area contributed by atoms with Crippen LogP contribution in [0, 0.1) is 5.92 Å². The van der Waals surface area contributed by atoms with E-state index in [1.807, 2.05) is 0 Å². The van der Waals surface area contributed by atoms with Crippen molar-refractivity contribution in [1.82, 2.24) is 4.90 Å². The number of carboxylic acids is 1. The highest BCUT2D eigenvalue weighted by Gasteiger charge is 2.40. The van der Waals surface area contributed by atoms with E-state index >= 15 is 0 Å². The first kappa shape index (κ1) is 17.8. The van der Waals surface area contributed by atoms with Crippen LogP contribution in [0.5, 0.6) is 0 Å². The second-order valence-corrected chi connectivity index (χ2v) is 6.21. The molecule has 0 bridgehead atoms. The molecule has 0 aliphatic heterocycles. The van der Waals surface area contributed by atoms with Gasteiger partial charge in [-0.05, 0) is 36.6 Å². The van der Waals surface area contributed by atoms with E-state index in [9.17, 15) is 14.4 Å². The summed E-state index contributed by atoms with van der Waals surface area (Å²) in [4.78, 5) is 37.5. The van der Waals surface area contributed by atoms with Gasteiger partial charge < -0.3 is 20.2 Å². The average Bonchev–Trinajstić information content (AvgIpc) is 3.22. The number of nitrogens with zero attached hydrogens (tertiary/aromatic N) is 2. The Morgan fingerprint density at radius 3 is 2.29 bits per heavy atom. The fraction of sp³-hybridized carbons (Fsp3) is 0.471. The lowest BCUT2D eigenvalue weighted by molar-refractivity contribution is -0.137. The van der Waals surface area contributed by atoms with Gasteiger partial charge in [-0.25, -0.2) is 4.79 Å². The van der Waals surface area contributed by atoms with Gasteiger partial charge in [0.2, 0.25) is 5.91 Å². The van der Waals surface area contributed by atoms with Crippen molar-refractivity contribution >= 4 is 29.3 Å².